The molecule has 26 heavy (non-hydrogen) atoms. The normalized spacial score (nSPS) is 11.3. The lowest BCUT2D eigenvalue weighted by molar-refractivity contribution is 0.867. The van der Waals surface area contributed by atoms with Gasteiger partial charge in [-0.2, -0.15) is 0 Å². The molecule has 0 saturated heterocycles. The third-order valence-corrected chi connectivity index (χ3v) is 4.67. The van der Waals surface area contributed by atoms with Crippen molar-refractivity contribution in [1.29, 1.82) is 0 Å². The maximum absolute atomic E-state index is 6.01. The summed E-state index contributed by atoms with van der Waals surface area (Å²) in [6.45, 7) is 4.81. The van der Waals surface area contributed by atoms with E-state index in [-0.39, 0.29) is 24.0 Å². The van der Waals surface area contributed by atoms with Gasteiger partial charge >= 0.3 is 0 Å². The highest BCUT2D eigenvalue weighted by molar-refractivity contribution is 14.0. The van der Waals surface area contributed by atoms with Crippen LogP contribution in [0.15, 0.2) is 65.0 Å². The van der Waals surface area contributed by atoms with Gasteiger partial charge in [-0.15, -0.1) is 35.3 Å². The summed E-state index contributed by atoms with van der Waals surface area (Å²) in [5, 5.41) is 6.15. The molecule has 136 valence electrons. The van der Waals surface area contributed by atoms with Crippen molar-refractivity contribution in [2.45, 2.75) is 26.3 Å². The fourth-order valence-electron chi connectivity index (χ4n) is 2.44. The average Bonchev–Trinajstić information content (AvgIpc) is 3.10. The monoisotopic (exact) mass is 478 g/mol. The molecule has 3 aromatic rings. The number of nitrogens with one attached hydrogen (secondary N) is 1. The third kappa shape index (κ3) is 5.54. The maximum atomic E-state index is 6.01. The van der Waals surface area contributed by atoms with Crippen LogP contribution < -0.4 is 11.1 Å². The number of hydrogen-bond donors (Lipinski definition) is 2. The number of anilines is 1. The van der Waals surface area contributed by atoms with E-state index in [1.165, 1.54) is 5.56 Å². The molecule has 0 spiro atoms. The van der Waals surface area contributed by atoms with Crippen LogP contribution in [0, 0.1) is 0 Å². The van der Waals surface area contributed by atoms with Crippen LogP contribution in [0.25, 0.3) is 11.3 Å². The van der Waals surface area contributed by atoms with E-state index in [1.54, 1.807) is 11.3 Å². The second-order valence-electron chi connectivity index (χ2n) is 6.10. The molecule has 0 amide bonds. The Morgan fingerprint density at radius 1 is 1.15 bits per heavy atom. The topological polar surface area (TPSA) is 63.3 Å². The smallest absolute Gasteiger partial charge is 0.193 e. The molecule has 0 bridgehead atoms. The van der Waals surface area contributed by atoms with Crippen LogP contribution >= 0.6 is 35.3 Å². The zero-order valence-corrected chi connectivity index (χ0v) is 18.0. The van der Waals surface area contributed by atoms with Gasteiger partial charge in [-0.05, 0) is 23.6 Å². The number of aliphatic imine (C=N–C) groups is 1. The standard InChI is InChI=1S/C20H22N4S.HI/c1-14(2)16-9-6-10-17(11-16)23-20(21)22-12-19-24-18(13-25-19)15-7-4-3-5-8-15;/h3-11,13-14H,12H2,1-2H3,(H3,21,22,23);1H. The predicted octanol–water partition coefficient (Wildman–Crippen LogP) is 5.48. The van der Waals surface area contributed by atoms with E-state index in [0.29, 0.717) is 18.4 Å². The lowest BCUT2D eigenvalue weighted by Gasteiger charge is -2.09. The highest BCUT2D eigenvalue weighted by atomic mass is 127. The van der Waals surface area contributed by atoms with Crippen molar-refractivity contribution in [2.24, 2.45) is 10.7 Å². The fourth-order valence-corrected chi connectivity index (χ4v) is 3.17. The van der Waals surface area contributed by atoms with E-state index in [2.05, 4.69) is 58.8 Å². The Bertz CT molecular complexity index is 859. The summed E-state index contributed by atoms with van der Waals surface area (Å²) < 4.78 is 0. The zero-order valence-electron chi connectivity index (χ0n) is 14.8. The number of rotatable bonds is 5. The van der Waals surface area contributed by atoms with Gasteiger partial charge in [0.1, 0.15) is 5.01 Å². The van der Waals surface area contributed by atoms with Gasteiger partial charge in [-0.3, -0.25) is 0 Å². The van der Waals surface area contributed by atoms with Crippen LogP contribution in [0.3, 0.4) is 0 Å². The van der Waals surface area contributed by atoms with Crippen LogP contribution in [0.1, 0.15) is 30.3 Å². The lowest BCUT2D eigenvalue weighted by atomic mass is 10.0. The van der Waals surface area contributed by atoms with Crippen LogP contribution in [0.5, 0.6) is 0 Å². The molecular formula is C20H23IN4S. The number of aromatic nitrogens is 1. The lowest BCUT2D eigenvalue weighted by Crippen LogP contribution is -2.22. The molecule has 0 aliphatic heterocycles. The van der Waals surface area contributed by atoms with Crippen molar-refractivity contribution in [2.75, 3.05) is 5.32 Å². The van der Waals surface area contributed by atoms with Gasteiger partial charge in [0.2, 0.25) is 0 Å². The van der Waals surface area contributed by atoms with E-state index in [4.69, 9.17) is 5.73 Å². The number of guanidine groups is 1. The summed E-state index contributed by atoms with van der Waals surface area (Å²) in [4.78, 5) is 9.03. The van der Waals surface area contributed by atoms with Gasteiger partial charge in [0.15, 0.2) is 5.96 Å². The zero-order chi connectivity index (χ0) is 17.6. The van der Waals surface area contributed by atoms with E-state index >= 15 is 0 Å². The number of benzene rings is 2. The van der Waals surface area contributed by atoms with Crippen molar-refractivity contribution in [3.8, 4) is 11.3 Å². The van der Waals surface area contributed by atoms with Crippen molar-refractivity contribution in [3.05, 3.63) is 70.5 Å². The maximum Gasteiger partial charge on any atom is 0.193 e. The summed E-state index contributed by atoms with van der Waals surface area (Å²) in [5.74, 6) is 0.879. The molecule has 0 aliphatic rings. The quantitative estimate of drug-likeness (QED) is 0.290. The fraction of sp³-hybridized carbons (Fsp3) is 0.200. The van der Waals surface area contributed by atoms with E-state index in [9.17, 15) is 0 Å². The van der Waals surface area contributed by atoms with Gasteiger partial charge in [-0.1, -0.05) is 56.3 Å². The first-order valence-corrected chi connectivity index (χ1v) is 9.16. The molecule has 1 aromatic heterocycles. The molecular weight excluding hydrogens is 455 g/mol. The molecule has 0 saturated carbocycles. The first-order chi connectivity index (χ1) is 12.1. The molecule has 0 atom stereocenters. The van der Waals surface area contributed by atoms with Gasteiger partial charge in [0.05, 0.1) is 12.2 Å². The van der Waals surface area contributed by atoms with Gasteiger partial charge < -0.3 is 11.1 Å². The molecule has 0 fully saturated rings. The van der Waals surface area contributed by atoms with E-state index < -0.39 is 0 Å². The molecule has 4 nitrogen and oxygen atoms in total. The minimum Gasteiger partial charge on any atom is -0.370 e. The van der Waals surface area contributed by atoms with Gasteiger partial charge in [-0.25, -0.2) is 9.98 Å². The minimum atomic E-state index is 0. The van der Waals surface area contributed by atoms with Crippen molar-refractivity contribution in [1.82, 2.24) is 4.98 Å². The number of halogens is 1. The second kappa shape index (κ2) is 9.68. The Balaban J connectivity index is 0.00000243. The summed E-state index contributed by atoms with van der Waals surface area (Å²) in [6, 6.07) is 18.4. The largest absolute Gasteiger partial charge is 0.370 e. The number of nitrogens with two attached hydrogens (primary N) is 1. The van der Waals surface area contributed by atoms with Crippen LogP contribution in [0.4, 0.5) is 5.69 Å². The van der Waals surface area contributed by atoms with Crippen molar-refractivity contribution >= 4 is 47.0 Å². The third-order valence-electron chi connectivity index (χ3n) is 3.83. The second-order valence-corrected chi connectivity index (χ2v) is 7.04. The summed E-state index contributed by atoms with van der Waals surface area (Å²) in [6.07, 6.45) is 0. The Morgan fingerprint density at radius 3 is 2.65 bits per heavy atom. The highest BCUT2D eigenvalue weighted by Crippen LogP contribution is 2.22. The highest BCUT2D eigenvalue weighted by Gasteiger charge is 2.05. The number of hydrogen-bond acceptors (Lipinski definition) is 3. The first-order valence-electron chi connectivity index (χ1n) is 8.28. The molecule has 3 N–H and O–H groups in total. The number of nitrogens with zero attached hydrogens (tertiary/aromatic N) is 2. The Labute approximate surface area is 175 Å². The molecule has 6 heteroatoms. The van der Waals surface area contributed by atoms with Crippen LogP contribution in [-0.4, -0.2) is 10.9 Å². The Morgan fingerprint density at radius 2 is 1.92 bits per heavy atom. The SMILES string of the molecule is CC(C)c1cccc(NC(N)=NCc2nc(-c3ccccc3)cs2)c1.I. The summed E-state index contributed by atoms with van der Waals surface area (Å²) in [7, 11) is 0. The van der Waals surface area contributed by atoms with E-state index in [1.807, 2.05) is 30.3 Å². The molecule has 0 aliphatic carbocycles. The van der Waals surface area contributed by atoms with Crippen molar-refractivity contribution in [3.63, 3.8) is 0 Å². The Hall–Kier alpha value is -1.93. The molecule has 2 aromatic carbocycles. The van der Waals surface area contributed by atoms with Crippen LogP contribution in [-0.2, 0) is 6.54 Å². The van der Waals surface area contributed by atoms with Gasteiger partial charge in [0.25, 0.3) is 0 Å². The predicted molar refractivity (Wildman–Crippen MR) is 122 cm³/mol. The number of thiazole rings is 1. The minimum absolute atomic E-state index is 0. The van der Waals surface area contributed by atoms with Crippen molar-refractivity contribution < 1.29 is 0 Å². The Kier molecular flexibility index (Phi) is 7.59. The van der Waals surface area contributed by atoms with E-state index in [0.717, 1.165) is 22.0 Å². The molecule has 1 heterocycles. The molecule has 0 unspecified atom stereocenters. The van der Waals surface area contributed by atoms with Crippen LogP contribution in [0.2, 0.25) is 0 Å². The summed E-state index contributed by atoms with van der Waals surface area (Å²) >= 11 is 1.60. The summed E-state index contributed by atoms with van der Waals surface area (Å²) in [5.41, 5.74) is 10.3. The first kappa shape index (κ1) is 20.4. The molecule has 0 radical (unpaired) electrons. The molecule has 3 rings (SSSR count). The van der Waals surface area contributed by atoms with Gasteiger partial charge in [0, 0.05) is 16.6 Å². The average molecular weight is 478 g/mol.